The topological polar surface area (TPSA) is 143 Å². The molecule has 46 heavy (non-hydrogen) atoms. The number of ether oxygens (including phenoxy) is 3. The number of hydrogen-bond acceptors (Lipinski definition) is 8. The Morgan fingerprint density at radius 1 is 1.09 bits per heavy atom. The van der Waals surface area contributed by atoms with Crippen molar-refractivity contribution in [2.45, 2.75) is 87.4 Å². The first kappa shape index (κ1) is 33.8. The highest BCUT2D eigenvalue weighted by atomic mass is 32.3. The van der Waals surface area contributed by atoms with Crippen molar-refractivity contribution in [2.75, 3.05) is 12.3 Å². The minimum Gasteiger partial charge on any atom is -0.480 e. The molecule has 2 aliphatic carbocycles. The van der Waals surface area contributed by atoms with Crippen molar-refractivity contribution in [3.05, 3.63) is 83.7 Å². The van der Waals surface area contributed by atoms with E-state index in [2.05, 4.69) is 16.1 Å². The van der Waals surface area contributed by atoms with Crippen molar-refractivity contribution in [1.29, 1.82) is 0 Å². The third kappa shape index (κ3) is 8.41. The number of benzene rings is 2. The van der Waals surface area contributed by atoms with Gasteiger partial charge in [0.1, 0.15) is 11.6 Å². The van der Waals surface area contributed by atoms with Crippen LogP contribution in [0.4, 0.5) is 9.18 Å². The average molecular weight is 659 g/mol. The smallest absolute Gasteiger partial charge is 0.410 e. The minimum absolute atomic E-state index is 0.0182. The molecule has 2 aromatic rings. The number of esters is 1. The molecule has 1 saturated carbocycles. The number of allylic oxidation sites excluding steroid dienone is 2. The zero-order chi connectivity index (χ0) is 32.7. The number of thiol groups is 1. The third-order valence-corrected chi connectivity index (χ3v) is 11.4. The van der Waals surface area contributed by atoms with Crippen LogP contribution in [-0.4, -0.2) is 63.0 Å². The molecular weight excluding hydrogens is 615 g/mol. The average Bonchev–Trinajstić information content (AvgIpc) is 3.39. The molecular formula is C34H43FN2O8S. The zero-order valence-corrected chi connectivity index (χ0v) is 26.8. The minimum atomic E-state index is -3.25. The molecule has 10 nitrogen and oxygen atoms in total. The van der Waals surface area contributed by atoms with Crippen molar-refractivity contribution in [3.8, 4) is 5.75 Å². The first-order valence-corrected chi connectivity index (χ1v) is 17.7. The fraction of sp³-hybridized carbons (Fsp3) is 0.471. The Bertz CT molecular complexity index is 1510. The first-order valence-electron chi connectivity index (χ1n) is 15.8. The Morgan fingerprint density at radius 3 is 2.59 bits per heavy atom. The Kier molecular flexibility index (Phi) is 10.9. The van der Waals surface area contributed by atoms with E-state index in [1.54, 1.807) is 36.4 Å². The highest BCUT2D eigenvalue weighted by molar-refractivity contribution is 8.01. The van der Waals surface area contributed by atoms with Crippen molar-refractivity contribution >= 4 is 22.2 Å². The van der Waals surface area contributed by atoms with Crippen LogP contribution in [0.2, 0.25) is 0 Å². The van der Waals surface area contributed by atoms with Gasteiger partial charge in [0.2, 0.25) is 6.29 Å². The van der Waals surface area contributed by atoms with Gasteiger partial charge in [0.15, 0.2) is 11.9 Å². The number of alkyl carbamates (subject to hydrolysis) is 1. The normalized spacial score (nSPS) is 23.2. The molecule has 1 saturated heterocycles. The van der Waals surface area contributed by atoms with Gasteiger partial charge in [0.25, 0.3) is 0 Å². The molecule has 12 heteroatoms. The Labute approximate surface area is 269 Å². The van der Waals surface area contributed by atoms with Crippen molar-refractivity contribution in [2.24, 2.45) is 5.92 Å². The van der Waals surface area contributed by atoms with Crippen LogP contribution in [0.15, 0.2) is 77.2 Å². The van der Waals surface area contributed by atoms with Gasteiger partial charge in [-0.3, -0.25) is 13.7 Å². The molecule has 3 atom stereocenters. The maximum absolute atomic E-state index is 14.5. The predicted molar refractivity (Wildman–Crippen MR) is 171 cm³/mol. The summed E-state index contributed by atoms with van der Waals surface area (Å²) in [4.78, 5) is 25.5. The van der Waals surface area contributed by atoms with E-state index >= 15 is 0 Å². The number of carbonyl (C=O) groups is 2. The van der Waals surface area contributed by atoms with E-state index in [1.807, 2.05) is 12.2 Å². The summed E-state index contributed by atoms with van der Waals surface area (Å²) in [5, 5.41) is 22.5. The van der Waals surface area contributed by atoms with Crippen LogP contribution < -0.4 is 14.8 Å². The lowest BCUT2D eigenvalue weighted by Gasteiger charge is -2.32. The molecule has 2 fully saturated rings. The van der Waals surface area contributed by atoms with Gasteiger partial charge in [-0.2, -0.15) is 0 Å². The summed E-state index contributed by atoms with van der Waals surface area (Å²) in [6, 6.07) is 11.6. The maximum atomic E-state index is 14.5. The van der Waals surface area contributed by atoms with E-state index in [4.69, 9.17) is 14.2 Å². The van der Waals surface area contributed by atoms with E-state index in [1.165, 1.54) is 19.1 Å². The van der Waals surface area contributed by atoms with Crippen molar-refractivity contribution in [3.63, 3.8) is 0 Å². The molecule has 1 heterocycles. The fourth-order valence-corrected chi connectivity index (χ4v) is 9.06. The molecule has 1 aliphatic heterocycles. The Morgan fingerprint density at radius 2 is 1.87 bits per heavy atom. The number of halogens is 1. The number of rotatable bonds is 11. The van der Waals surface area contributed by atoms with Crippen molar-refractivity contribution in [1.82, 2.24) is 10.0 Å². The predicted octanol–water partition coefficient (Wildman–Crippen LogP) is 4.23. The number of aliphatic hydroxyl groups is 2. The number of nitrogens with one attached hydrogen (secondary N) is 2. The fourth-order valence-electron chi connectivity index (χ4n) is 6.29. The summed E-state index contributed by atoms with van der Waals surface area (Å²) in [6.45, 7) is 1.66. The van der Waals surface area contributed by atoms with Gasteiger partial charge >= 0.3 is 12.1 Å². The van der Waals surface area contributed by atoms with Gasteiger partial charge in [0, 0.05) is 17.9 Å². The molecule has 3 unspecified atom stereocenters. The number of hydrogen-bond donors (Lipinski definition) is 5. The van der Waals surface area contributed by atoms with Crippen LogP contribution in [0, 0.1) is 11.7 Å². The van der Waals surface area contributed by atoms with Gasteiger partial charge in [0.05, 0.1) is 24.3 Å². The van der Waals surface area contributed by atoms with Gasteiger partial charge in [-0.25, -0.2) is 9.18 Å². The van der Waals surface area contributed by atoms with E-state index in [9.17, 15) is 28.4 Å². The molecule has 250 valence electrons. The molecule has 0 aromatic heterocycles. The van der Waals surface area contributed by atoms with Crippen LogP contribution in [0.25, 0.3) is 0 Å². The van der Waals surface area contributed by atoms with E-state index in [0.717, 1.165) is 50.5 Å². The van der Waals surface area contributed by atoms with Crippen LogP contribution in [0.5, 0.6) is 5.75 Å². The number of amides is 1. The van der Waals surface area contributed by atoms with Crippen LogP contribution in [0.1, 0.15) is 57.4 Å². The first-order chi connectivity index (χ1) is 22.0. The summed E-state index contributed by atoms with van der Waals surface area (Å²) >= 11 is 0. The van der Waals surface area contributed by atoms with Crippen LogP contribution >= 0.6 is 0 Å². The lowest BCUT2D eigenvalue weighted by molar-refractivity contribution is -0.171. The summed E-state index contributed by atoms with van der Waals surface area (Å²) in [5.41, 5.74) is 0.460. The highest BCUT2D eigenvalue weighted by Crippen LogP contribution is 2.38. The van der Waals surface area contributed by atoms with Gasteiger partial charge in [-0.1, -0.05) is 55.7 Å². The van der Waals surface area contributed by atoms with E-state index in [0.29, 0.717) is 16.2 Å². The second kappa shape index (κ2) is 14.9. The molecule has 5 rings (SSSR count). The van der Waals surface area contributed by atoms with Crippen molar-refractivity contribution < 1.29 is 42.6 Å². The van der Waals surface area contributed by atoms with Gasteiger partial charge < -0.3 is 29.7 Å². The molecule has 2 aromatic carbocycles. The Balaban J connectivity index is 1.26. The second-order valence-electron chi connectivity index (χ2n) is 12.2. The molecule has 0 bridgehead atoms. The van der Waals surface area contributed by atoms with E-state index in [-0.39, 0.29) is 24.6 Å². The molecule has 1 amide bonds. The number of aliphatic hydroxyl groups excluding tert-OH is 1. The zero-order valence-electron chi connectivity index (χ0n) is 25.9. The van der Waals surface area contributed by atoms with Gasteiger partial charge in [-0.15, -0.1) is 0 Å². The lowest BCUT2D eigenvalue weighted by atomic mass is 9.89. The van der Waals surface area contributed by atoms with Crippen LogP contribution in [-0.2, 0) is 30.8 Å². The quantitative estimate of drug-likeness (QED) is 0.137. The van der Waals surface area contributed by atoms with Crippen LogP contribution in [0.3, 0.4) is 0 Å². The second-order valence-corrected chi connectivity index (χ2v) is 14.8. The SMILES string of the molecule is CC(OC(=O)NC(Cc1cccc([SH]2(=O)CC(Oc3cccc(F)c3)(C3=CCCC=C3)CN2)c1)C(O)O)OC(=O)C1CCCCC1. The third-order valence-electron chi connectivity index (χ3n) is 8.67. The molecule has 3 aliphatic rings. The van der Waals surface area contributed by atoms with E-state index < -0.39 is 52.2 Å². The van der Waals surface area contributed by atoms with Gasteiger partial charge in [-0.05, 0) is 77.6 Å². The summed E-state index contributed by atoms with van der Waals surface area (Å²) in [5.74, 6) is -0.607. The summed E-state index contributed by atoms with van der Waals surface area (Å²) in [7, 11) is -3.25. The molecule has 0 radical (unpaired) electrons. The number of carbonyl (C=O) groups excluding carboxylic acids is 2. The highest BCUT2D eigenvalue weighted by Gasteiger charge is 2.47. The maximum Gasteiger partial charge on any atom is 0.410 e. The molecule has 4 N–H and O–H groups in total. The standard InChI is InChI=1S/C34H43FN2O8S/c1-23(43-32(40)25-11-4-2-5-12-25)44-33(41)37-30(31(38)39)19-24-10-8-17-29(18-24)46(42)22-34(21-36-46,26-13-6-3-7-14-26)45-28-16-9-15-27(35)20-28/h6,8-10,13-18,20,23,25,30-31,38-39,46H,2-5,7,11-12,19,21-22H2,1H3,(H,36,42)(H,37,41). The lowest BCUT2D eigenvalue weighted by Crippen LogP contribution is -2.46. The Hall–Kier alpha value is -3.58. The largest absolute Gasteiger partial charge is 0.480 e. The molecule has 0 spiro atoms. The summed E-state index contributed by atoms with van der Waals surface area (Å²) in [6.07, 6.45) is 8.15. The summed E-state index contributed by atoms with van der Waals surface area (Å²) < 4.78 is 48.5. The monoisotopic (exact) mass is 658 g/mol.